The largest absolute Gasteiger partial charge is 0.339 e. The van der Waals surface area contributed by atoms with Gasteiger partial charge in [0.2, 0.25) is 0 Å². The predicted octanol–water partition coefficient (Wildman–Crippen LogP) is 5.21. The lowest BCUT2D eigenvalue weighted by atomic mass is 10.1. The third-order valence-electron chi connectivity index (χ3n) is 6.11. The van der Waals surface area contributed by atoms with Crippen LogP contribution in [0.5, 0.6) is 0 Å². The van der Waals surface area contributed by atoms with Gasteiger partial charge in [0, 0.05) is 35.6 Å². The van der Waals surface area contributed by atoms with Gasteiger partial charge in [-0.25, -0.2) is 4.98 Å². The number of anilines is 1. The Labute approximate surface area is 192 Å². The number of carbonyl (C=O) groups is 2. The maximum Gasteiger partial charge on any atom is 0.255 e. The number of para-hydroxylation sites is 1. The number of hydrogen-bond acceptors (Lipinski definition) is 3. The molecule has 1 saturated heterocycles. The Hall–Kier alpha value is -3.93. The van der Waals surface area contributed by atoms with Crippen molar-refractivity contribution in [3.05, 3.63) is 89.7 Å². The zero-order valence-electron chi connectivity index (χ0n) is 18.6. The standard InChI is InChI=1S/C27H26N4O2/c1-19-28-24-18-20(13-14-25(24)31(19)23-11-4-2-5-12-23)26(32)29-22-10-8-9-21(17-22)27(33)30-15-6-3-7-16-30/h2,4-5,8-14,17-18H,3,6-7,15-16H2,1H3,(H,29,32). The molecule has 0 unspecified atom stereocenters. The van der Waals surface area contributed by atoms with Gasteiger partial charge in [-0.1, -0.05) is 24.3 Å². The van der Waals surface area contributed by atoms with E-state index in [-0.39, 0.29) is 11.8 Å². The van der Waals surface area contributed by atoms with Crippen LogP contribution in [0.4, 0.5) is 5.69 Å². The molecule has 1 aliphatic heterocycles. The van der Waals surface area contributed by atoms with Gasteiger partial charge in [-0.3, -0.25) is 14.2 Å². The van der Waals surface area contributed by atoms with Crippen LogP contribution >= 0.6 is 0 Å². The van der Waals surface area contributed by atoms with Crippen LogP contribution < -0.4 is 5.32 Å². The lowest BCUT2D eigenvalue weighted by molar-refractivity contribution is 0.0724. The number of nitrogens with zero attached hydrogens (tertiary/aromatic N) is 3. The van der Waals surface area contributed by atoms with Crippen LogP contribution in [0.2, 0.25) is 0 Å². The molecular formula is C27H26N4O2. The quantitative estimate of drug-likeness (QED) is 0.475. The number of nitrogens with one attached hydrogen (secondary N) is 1. The molecule has 1 N–H and O–H groups in total. The summed E-state index contributed by atoms with van der Waals surface area (Å²) in [6.45, 7) is 3.55. The Morgan fingerprint density at radius 3 is 2.42 bits per heavy atom. The van der Waals surface area contributed by atoms with E-state index < -0.39 is 0 Å². The third-order valence-corrected chi connectivity index (χ3v) is 6.11. The van der Waals surface area contributed by atoms with Gasteiger partial charge in [0.25, 0.3) is 11.8 Å². The summed E-state index contributed by atoms with van der Waals surface area (Å²) in [5.41, 5.74) is 4.47. The Morgan fingerprint density at radius 2 is 1.64 bits per heavy atom. The molecule has 33 heavy (non-hydrogen) atoms. The van der Waals surface area contributed by atoms with Crippen molar-refractivity contribution in [2.75, 3.05) is 18.4 Å². The molecule has 6 heteroatoms. The Morgan fingerprint density at radius 1 is 0.848 bits per heavy atom. The molecule has 3 aromatic carbocycles. The molecule has 2 amide bonds. The van der Waals surface area contributed by atoms with E-state index in [4.69, 9.17) is 0 Å². The molecule has 0 bridgehead atoms. The van der Waals surface area contributed by atoms with E-state index in [9.17, 15) is 9.59 Å². The van der Waals surface area contributed by atoms with E-state index >= 15 is 0 Å². The van der Waals surface area contributed by atoms with E-state index in [1.807, 2.05) is 48.2 Å². The Balaban J connectivity index is 1.37. The molecule has 0 radical (unpaired) electrons. The number of hydrogen-bond donors (Lipinski definition) is 1. The lowest BCUT2D eigenvalue weighted by Gasteiger charge is -2.26. The molecule has 5 rings (SSSR count). The van der Waals surface area contributed by atoms with Gasteiger partial charge in [-0.05, 0) is 74.7 Å². The summed E-state index contributed by atoms with van der Waals surface area (Å²) in [7, 11) is 0. The fourth-order valence-electron chi connectivity index (χ4n) is 4.46. The highest BCUT2D eigenvalue weighted by Gasteiger charge is 2.19. The number of likely N-dealkylation sites (tertiary alicyclic amines) is 1. The van der Waals surface area contributed by atoms with Crippen LogP contribution in [0.3, 0.4) is 0 Å². The van der Waals surface area contributed by atoms with Crippen molar-refractivity contribution in [2.24, 2.45) is 0 Å². The minimum absolute atomic E-state index is 0.0224. The van der Waals surface area contributed by atoms with Crippen LogP contribution in [0.1, 0.15) is 45.8 Å². The second-order valence-electron chi connectivity index (χ2n) is 8.42. The van der Waals surface area contributed by atoms with Gasteiger partial charge in [0.05, 0.1) is 11.0 Å². The van der Waals surface area contributed by atoms with Crippen LogP contribution in [0, 0.1) is 6.92 Å². The highest BCUT2D eigenvalue weighted by atomic mass is 16.2. The maximum atomic E-state index is 13.0. The van der Waals surface area contributed by atoms with Crippen molar-refractivity contribution in [2.45, 2.75) is 26.2 Å². The van der Waals surface area contributed by atoms with Gasteiger partial charge in [-0.15, -0.1) is 0 Å². The molecule has 1 aliphatic rings. The third kappa shape index (κ3) is 4.24. The minimum atomic E-state index is -0.230. The summed E-state index contributed by atoms with van der Waals surface area (Å²) >= 11 is 0. The smallest absolute Gasteiger partial charge is 0.255 e. The topological polar surface area (TPSA) is 67.2 Å². The molecule has 6 nitrogen and oxygen atoms in total. The minimum Gasteiger partial charge on any atom is -0.339 e. The highest BCUT2D eigenvalue weighted by Crippen LogP contribution is 2.23. The number of benzene rings is 3. The monoisotopic (exact) mass is 438 g/mol. The maximum absolute atomic E-state index is 13.0. The summed E-state index contributed by atoms with van der Waals surface area (Å²) in [4.78, 5) is 32.3. The first-order chi connectivity index (χ1) is 16.1. The summed E-state index contributed by atoms with van der Waals surface area (Å²) in [6.07, 6.45) is 3.27. The van der Waals surface area contributed by atoms with E-state index in [2.05, 4.69) is 14.9 Å². The van der Waals surface area contributed by atoms with Crippen LogP contribution in [-0.4, -0.2) is 39.4 Å². The second-order valence-corrected chi connectivity index (χ2v) is 8.42. The zero-order chi connectivity index (χ0) is 22.8. The molecule has 1 fully saturated rings. The van der Waals surface area contributed by atoms with Gasteiger partial charge < -0.3 is 10.2 Å². The SMILES string of the molecule is Cc1nc2cc(C(=O)Nc3cccc(C(=O)N4CCCCC4)c3)ccc2n1-c1ccccc1. The van der Waals surface area contributed by atoms with Gasteiger partial charge >= 0.3 is 0 Å². The first kappa shape index (κ1) is 20.9. The molecule has 0 atom stereocenters. The first-order valence-electron chi connectivity index (χ1n) is 11.4. The number of rotatable bonds is 4. The molecule has 1 aromatic heterocycles. The summed E-state index contributed by atoms with van der Waals surface area (Å²) in [5, 5.41) is 2.93. The summed E-state index contributed by atoms with van der Waals surface area (Å²) < 4.78 is 2.08. The van der Waals surface area contributed by atoms with E-state index in [1.54, 1.807) is 36.4 Å². The van der Waals surface area contributed by atoms with Crippen LogP contribution in [-0.2, 0) is 0 Å². The Bertz CT molecular complexity index is 1320. The molecule has 0 spiro atoms. The number of piperidine rings is 1. The van der Waals surface area contributed by atoms with Gasteiger partial charge in [0.1, 0.15) is 5.82 Å². The number of imidazole rings is 1. The van der Waals surface area contributed by atoms with Crippen molar-refractivity contribution in [3.63, 3.8) is 0 Å². The van der Waals surface area contributed by atoms with Crippen molar-refractivity contribution in [1.29, 1.82) is 0 Å². The second kappa shape index (κ2) is 8.90. The number of aromatic nitrogens is 2. The van der Waals surface area contributed by atoms with Gasteiger partial charge in [-0.2, -0.15) is 0 Å². The average Bonchev–Trinajstić information content (AvgIpc) is 3.19. The summed E-state index contributed by atoms with van der Waals surface area (Å²) in [5.74, 6) is 0.651. The predicted molar refractivity (Wildman–Crippen MR) is 130 cm³/mol. The van der Waals surface area contributed by atoms with Crippen molar-refractivity contribution in [3.8, 4) is 5.69 Å². The molecule has 0 saturated carbocycles. The van der Waals surface area contributed by atoms with Gasteiger partial charge in [0.15, 0.2) is 0 Å². The van der Waals surface area contributed by atoms with Crippen molar-refractivity contribution in [1.82, 2.24) is 14.5 Å². The van der Waals surface area contributed by atoms with E-state index in [1.165, 1.54) is 6.42 Å². The highest BCUT2D eigenvalue weighted by molar-refractivity contribution is 6.06. The molecule has 0 aliphatic carbocycles. The number of aryl methyl sites for hydroxylation is 1. The lowest BCUT2D eigenvalue weighted by Crippen LogP contribution is -2.35. The van der Waals surface area contributed by atoms with Crippen molar-refractivity contribution >= 4 is 28.5 Å². The normalized spacial score (nSPS) is 13.8. The molecular weight excluding hydrogens is 412 g/mol. The summed E-state index contributed by atoms with van der Waals surface area (Å²) in [6, 6.07) is 22.7. The Kier molecular flexibility index (Phi) is 5.65. The van der Waals surface area contributed by atoms with Crippen molar-refractivity contribution < 1.29 is 9.59 Å². The molecule has 166 valence electrons. The molecule has 2 heterocycles. The van der Waals surface area contributed by atoms with E-state index in [0.717, 1.165) is 48.5 Å². The van der Waals surface area contributed by atoms with E-state index in [0.29, 0.717) is 16.8 Å². The fourth-order valence-corrected chi connectivity index (χ4v) is 4.46. The number of carbonyl (C=O) groups excluding carboxylic acids is 2. The molecule has 4 aromatic rings. The van der Waals surface area contributed by atoms with Crippen LogP contribution in [0.25, 0.3) is 16.7 Å². The zero-order valence-corrected chi connectivity index (χ0v) is 18.6. The average molecular weight is 439 g/mol. The fraction of sp³-hybridized carbons (Fsp3) is 0.222. The van der Waals surface area contributed by atoms with Crippen LogP contribution in [0.15, 0.2) is 72.8 Å². The number of fused-ring (bicyclic) bond motifs is 1. The number of amides is 2. The first-order valence-corrected chi connectivity index (χ1v) is 11.4.